The van der Waals surface area contributed by atoms with Crippen LogP contribution in [-0.2, 0) is 21.8 Å². The molecule has 1 aromatic heterocycles. The number of unbranched alkanes of at least 4 members (excludes halogenated alkanes) is 1. The number of primary amides is 1. The number of nitrogens with zero attached hydrogens (tertiary/aromatic N) is 2. The van der Waals surface area contributed by atoms with Gasteiger partial charge >= 0.3 is 0 Å². The Morgan fingerprint density at radius 2 is 1.97 bits per heavy atom. The SMILES string of the molecule is CCCCOc1ccc(S(C)(=O)=O)cc1C(=O)Nc1c(C(N)=O)nn(C2(C(C)C)CNC2)c1CC. The van der Waals surface area contributed by atoms with E-state index in [1.807, 2.05) is 18.5 Å². The quantitative estimate of drug-likeness (QED) is 0.397. The van der Waals surface area contributed by atoms with E-state index < -0.39 is 21.7 Å². The molecule has 1 aliphatic rings. The predicted octanol–water partition coefficient (Wildman–Crippen LogP) is 2.33. The molecule has 0 atom stereocenters. The molecule has 1 saturated heterocycles. The third-order valence-corrected chi connectivity index (χ3v) is 7.64. The van der Waals surface area contributed by atoms with Gasteiger partial charge in [0.2, 0.25) is 0 Å². The number of aromatic nitrogens is 2. The Kier molecular flexibility index (Phi) is 7.90. The number of amides is 2. The van der Waals surface area contributed by atoms with Crippen molar-refractivity contribution in [2.45, 2.75) is 57.4 Å². The summed E-state index contributed by atoms with van der Waals surface area (Å²) >= 11 is 0. The monoisotopic (exact) mass is 505 g/mol. The molecule has 192 valence electrons. The summed E-state index contributed by atoms with van der Waals surface area (Å²) in [6, 6.07) is 4.18. The highest BCUT2D eigenvalue weighted by Gasteiger charge is 2.45. The number of carbonyl (C=O) groups is 2. The minimum absolute atomic E-state index is 0.00803. The number of nitrogens with one attached hydrogen (secondary N) is 2. The van der Waals surface area contributed by atoms with E-state index in [1.165, 1.54) is 18.2 Å². The Balaban J connectivity index is 2.08. The van der Waals surface area contributed by atoms with Crippen LogP contribution in [0.15, 0.2) is 23.1 Å². The summed E-state index contributed by atoms with van der Waals surface area (Å²) in [5.74, 6) is -0.896. The van der Waals surface area contributed by atoms with Crippen LogP contribution in [0.5, 0.6) is 5.75 Å². The van der Waals surface area contributed by atoms with Gasteiger partial charge in [-0.1, -0.05) is 34.1 Å². The van der Waals surface area contributed by atoms with Gasteiger partial charge in [0.05, 0.1) is 34.0 Å². The van der Waals surface area contributed by atoms with E-state index >= 15 is 0 Å². The summed E-state index contributed by atoms with van der Waals surface area (Å²) in [5.41, 5.74) is 6.24. The number of rotatable bonds is 11. The first-order chi connectivity index (χ1) is 16.5. The maximum atomic E-state index is 13.5. The fraction of sp³-hybridized carbons (Fsp3) is 0.542. The molecule has 0 spiro atoms. The Bertz CT molecular complexity index is 1220. The molecule has 0 aliphatic carbocycles. The summed E-state index contributed by atoms with van der Waals surface area (Å²) < 4.78 is 31.9. The molecule has 0 unspecified atom stereocenters. The summed E-state index contributed by atoms with van der Waals surface area (Å²) in [5, 5.41) is 10.6. The summed E-state index contributed by atoms with van der Waals surface area (Å²) in [7, 11) is -3.56. The van der Waals surface area contributed by atoms with Crippen molar-refractivity contribution in [1.29, 1.82) is 0 Å². The molecule has 11 heteroatoms. The third kappa shape index (κ3) is 5.20. The van der Waals surface area contributed by atoms with Gasteiger partial charge in [0.15, 0.2) is 15.5 Å². The number of ether oxygens (including phenoxy) is 1. The molecule has 35 heavy (non-hydrogen) atoms. The average molecular weight is 506 g/mol. The van der Waals surface area contributed by atoms with Gasteiger partial charge in [-0.15, -0.1) is 0 Å². The first kappa shape index (κ1) is 26.7. The van der Waals surface area contributed by atoms with Crippen molar-refractivity contribution in [1.82, 2.24) is 15.1 Å². The molecule has 3 rings (SSSR count). The number of anilines is 1. The maximum absolute atomic E-state index is 13.5. The number of carbonyl (C=O) groups excluding carboxylic acids is 2. The minimum atomic E-state index is -3.56. The molecule has 2 amide bonds. The first-order valence-corrected chi connectivity index (χ1v) is 13.8. The molecule has 1 fully saturated rings. The highest BCUT2D eigenvalue weighted by molar-refractivity contribution is 7.90. The first-order valence-electron chi connectivity index (χ1n) is 11.9. The molecule has 2 heterocycles. The van der Waals surface area contributed by atoms with Crippen LogP contribution in [0.1, 0.15) is 67.1 Å². The van der Waals surface area contributed by atoms with E-state index in [0.717, 1.165) is 19.1 Å². The lowest BCUT2D eigenvalue weighted by Crippen LogP contribution is -2.64. The number of nitrogens with two attached hydrogens (primary N) is 1. The molecule has 0 radical (unpaired) electrons. The molecule has 0 saturated carbocycles. The average Bonchev–Trinajstić information content (AvgIpc) is 3.10. The van der Waals surface area contributed by atoms with Gasteiger partial charge in [0.1, 0.15) is 5.75 Å². The fourth-order valence-electron chi connectivity index (χ4n) is 4.19. The second-order valence-electron chi connectivity index (χ2n) is 9.25. The van der Waals surface area contributed by atoms with Gasteiger partial charge in [0.25, 0.3) is 11.8 Å². The van der Waals surface area contributed by atoms with Crippen molar-refractivity contribution in [3.05, 3.63) is 35.2 Å². The molecule has 1 aliphatic heterocycles. The van der Waals surface area contributed by atoms with Crippen LogP contribution in [0.4, 0.5) is 5.69 Å². The van der Waals surface area contributed by atoms with Crippen LogP contribution >= 0.6 is 0 Å². The summed E-state index contributed by atoms with van der Waals surface area (Å²) in [4.78, 5) is 25.8. The number of benzene rings is 1. The molecule has 2 aromatic rings. The van der Waals surface area contributed by atoms with Crippen LogP contribution in [-0.4, -0.2) is 56.0 Å². The highest BCUT2D eigenvalue weighted by atomic mass is 32.2. The van der Waals surface area contributed by atoms with Crippen molar-refractivity contribution in [3.8, 4) is 5.75 Å². The van der Waals surface area contributed by atoms with Crippen LogP contribution in [0.3, 0.4) is 0 Å². The van der Waals surface area contributed by atoms with E-state index in [0.29, 0.717) is 31.8 Å². The van der Waals surface area contributed by atoms with Crippen molar-refractivity contribution in [2.24, 2.45) is 11.7 Å². The molecular formula is C24H35N5O5S. The van der Waals surface area contributed by atoms with Crippen LogP contribution in [0.2, 0.25) is 0 Å². The van der Waals surface area contributed by atoms with E-state index in [2.05, 4.69) is 29.6 Å². The van der Waals surface area contributed by atoms with E-state index in [1.54, 1.807) is 0 Å². The lowest BCUT2D eigenvalue weighted by molar-refractivity contribution is 0.0876. The van der Waals surface area contributed by atoms with Gasteiger partial charge in [-0.3, -0.25) is 14.3 Å². The van der Waals surface area contributed by atoms with E-state index in [-0.39, 0.29) is 39.0 Å². The van der Waals surface area contributed by atoms with E-state index in [4.69, 9.17) is 10.5 Å². The second-order valence-corrected chi connectivity index (χ2v) is 11.3. The smallest absolute Gasteiger partial charge is 0.271 e. The van der Waals surface area contributed by atoms with Crippen LogP contribution in [0.25, 0.3) is 0 Å². The lowest BCUT2D eigenvalue weighted by Gasteiger charge is -2.47. The molecule has 4 N–H and O–H groups in total. The largest absolute Gasteiger partial charge is 0.493 e. The predicted molar refractivity (Wildman–Crippen MR) is 134 cm³/mol. The summed E-state index contributed by atoms with van der Waals surface area (Å²) in [6.07, 6.45) is 3.24. The number of sulfone groups is 1. The van der Waals surface area contributed by atoms with Gasteiger partial charge in [-0.2, -0.15) is 5.10 Å². The standard InChI is InChI=1S/C24H35N5O5S/c1-6-8-11-34-19-10-9-16(35(5,32)33)12-17(19)23(31)27-20-18(7-2)29(28-21(20)22(25)30)24(15(3)4)13-26-14-24/h9-10,12,15,26H,6-8,11,13-14H2,1-5H3,(H2,25,30)(H,27,31). The van der Waals surface area contributed by atoms with Crippen LogP contribution < -0.4 is 21.1 Å². The molecule has 0 bridgehead atoms. The third-order valence-electron chi connectivity index (χ3n) is 6.53. The van der Waals surface area contributed by atoms with Crippen LogP contribution in [0, 0.1) is 5.92 Å². The van der Waals surface area contributed by atoms with Crippen molar-refractivity contribution in [2.75, 3.05) is 31.3 Å². The zero-order valence-corrected chi connectivity index (χ0v) is 21.8. The van der Waals surface area contributed by atoms with Crippen molar-refractivity contribution < 1.29 is 22.7 Å². The maximum Gasteiger partial charge on any atom is 0.271 e. The normalized spacial score (nSPS) is 15.0. The Morgan fingerprint density at radius 3 is 2.46 bits per heavy atom. The number of hydrogen-bond acceptors (Lipinski definition) is 7. The van der Waals surface area contributed by atoms with Gasteiger partial charge in [-0.05, 0) is 37.0 Å². The summed E-state index contributed by atoms with van der Waals surface area (Å²) in [6.45, 7) is 9.83. The van der Waals surface area contributed by atoms with Crippen molar-refractivity contribution in [3.63, 3.8) is 0 Å². The molecule has 10 nitrogen and oxygen atoms in total. The topological polar surface area (TPSA) is 145 Å². The second kappa shape index (κ2) is 10.4. The Labute approximate surface area is 206 Å². The highest BCUT2D eigenvalue weighted by Crippen LogP contribution is 2.36. The zero-order chi connectivity index (χ0) is 26.0. The van der Waals surface area contributed by atoms with Gasteiger partial charge in [-0.25, -0.2) is 8.42 Å². The van der Waals surface area contributed by atoms with E-state index in [9.17, 15) is 18.0 Å². The molecule has 1 aromatic carbocycles. The van der Waals surface area contributed by atoms with Gasteiger partial charge in [0, 0.05) is 19.3 Å². The minimum Gasteiger partial charge on any atom is -0.493 e. The number of hydrogen-bond donors (Lipinski definition) is 3. The Hall–Kier alpha value is -2.92. The zero-order valence-electron chi connectivity index (χ0n) is 21.0. The van der Waals surface area contributed by atoms with Crippen molar-refractivity contribution >= 4 is 27.3 Å². The fourth-order valence-corrected chi connectivity index (χ4v) is 4.83. The Morgan fingerprint density at radius 1 is 1.29 bits per heavy atom. The molecular weight excluding hydrogens is 470 g/mol. The lowest BCUT2D eigenvalue weighted by atomic mass is 9.81. The van der Waals surface area contributed by atoms with Gasteiger partial charge < -0.3 is 21.1 Å².